The lowest BCUT2D eigenvalue weighted by atomic mass is 9.63. The highest BCUT2D eigenvalue weighted by Crippen LogP contribution is 2.45. The Labute approximate surface area is 173 Å². The number of rotatable bonds is 19. The van der Waals surface area contributed by atoms with Crippen molar-refractivity contribution < 1.29 is 19.8 Å². The molecule has 0 bridgehead atoms. The quantitative estimate of drug-likeness (QED) is 0.224. The average molecular weight is 399 g/mol. The molecule has 0 aromatic rings. The molecule has 4 nitrogen and oxygen atoms in total. The van der Waals surface area contributed by atoms with E-state index in [-0.39, 0.29) is 11.8 Å². The molecule has 0 rings (SSSR count). The van der Waals surface area contributed by atoms with Gasteiger partial charge in [-0.1, -0.05) is 91.9 Å². The van der Waals surface area contributed by atoms with Crippen LogP contribution in [0.25, 0.3) is 0 Å². The minimum Gasteiger partial charge on any atom is -0.481 e. The summed E-state index contributed by atoms with van der Waals surface area (Å²) in [6.45, 7) is 9.01. The molecule has 0 atom stereocenters. The summed E-state index contributed by atoms with van der Waals surface area (Å²) < 4.78 is 0. The van der Waals surface area contributed by atoms with E-state index in [1.54, 1.807) is 0 Å². The van der Waals surface area contributed by atoms with Gasteiger partial charge in [0.1, 0.15) is 0 Å². The summed E-state index contributed by atoms with van der Waals surface area (Å²) in [6.07, 6.45) is 15.7. The first-order chi connectivity index (χ1) is 13.2. The second-order valence-electron chi connectivity index (χ2n) is 9.22. The molecule has 0 amide bonds. The van der Waals surface area contributed by atoms with E-state index in [0.717, 1.165) is 32.1 Å². The molecule has 0 fully saturated rings. The highest BCUT2D eigenvalue weighted by molar-refractivity contribution is 5.66. The minimum absolute atomic E-state index is 0.152. The smallest absolute Gasteiger partial charge is 0.303 e. The summed E-state index contributed by atoms with van der Waals surface area (Å²) in [6, 6.07) is 0. The van der Waals surface area contributed by atoms with E-state index in [2.05, 4.69) is 27.7 Å². The Balaban J connectivity index is 3.82. The van der Waals surface area contributed by atoms with E-state index in [4.69, 9.17) is 10.2 Å². The van der Waals surface area contributed by atoms with Crippen LogP contribution in [0.1, 0.15) is 124 Å². The second-order valence-corrected chi connectivity index (χ2v) is 9.22. The van der Waals surface area contributed by atoms with Crippen molar-refractivity contribution in [3.8, 4) is 0 Å². The lowest BCUT2D eigenvalue weighted by molar-refractivity contribution is -0.138. The molecule has 0 radical (unpaired) electrons. The summed E-state index contributed by atoms with van der Waals surface area (Å²) >= 11 is 0. The minimum atomic E-state index is -0.680. The number of unbranched alkanes of at least 4 members (excludes halogenated alkanes) is 10. The molecule has 0 unspecified atom stereocenters. The van der Waals surface area contributed by atoms with Gasteiger partial charge in [-0.25, -0.2) is 0 Å². The van der Waals surface area contributed by atoms with Gasteiger partial charge in [-0.3, -0.25) is 9.59 Å². The molecule has 0 aromatic carbocycles. The van der Waals surface area contributed by atoms with Crippen LogP contribution >= 0.6 is 0 Å². The van der Waals surface area contributed by atoms with Gasteiger partial charge in [0.05, 0.1) is 0 Å². The van der Waals surface area contributed by atoms with Crippen LogP contribution in [0.5, 0.6) is 0 Å². The largest absolute Gasteiger partial charge is 0.481 e. The van der Waals surface area contributed by atoms with Gasteiger partial charge in [0.15, 0.2) is 0 Å². The summed E-state index contributed by atoms with van der Waals surface area (Å²) in [5, 5.41) is 17.7. The molecule has 0 saturated carbocycles. The highest BCUT2D eigenvalue weighted by atomic mass is 16.4. The van der Waals surface area contributed by atoms with Crippen LogP contribution in [0, 0.1) is 17.3 Å². The zero-order valence-electron chi connectivity index (χ0n) is 19.0. The van der Waals surface area contributed by atoms with Gasteiger partial charge >= 0.3 is 11.9 Å². The second kappa shape index (κ2) is 15.8. The number of carbonyl (C=O) groups is 2. The number of hydrogen-bond acceptors (Lipinski definition) is 2. The summed E-state index contributed by atoms with van der Waals surface area (Å²) in [5.41, 5.74) is 0.152. The van der Waals surface area contributed by atoms with Crippen molar-refractivity contribution in [3.63, 3.8) is 0 Å². The maximum Gasteiger partial charge on any atom is 0.303 e. The fraction of sp³-hybridized carbons (Fsp3) is 0.917. The third-order valence-corrected chi connectivity index (χ3v) is 6.64. The number of carboxylic acid groups (broad SMARTS) is 2. The van der Waals surface area contributed by atoms with Crippen LogP contribution in [-0.2, 0) is 9.59 Å². The van der Waals surface area contributed by atoms with Gasteiger partial charge in [-0.2, -0.15) is 0 Å². The van der Waals surface area contributed by atoms with Crippen molar-refractivity contribution in [1.29, 1.82) is 0 Å². The molecule has 0 aromatic heterocycles. The molecule has 0 saturated heterocycles. The zero-order chi connectivity index (χ0) is 21.4. The van der Waals surface area contributed by atoms with Crippen LogP contribution < -0.4 is 0 Å². The van der Waals surface area contributed by atoms with E-state index in [9.17, 15) is 9.59 Å². The van der Waals surface area contributed by atoms with Crippen LogP contribution in [0.3, 0.4) is 0 Å². The van der Waals surface area contributed by atoms with E-state index >= 15 is 0 Å². The monoisotopic (exact) mass is 398 g/mol. The Hall–Kier alpha value is -1.06. The standard InChI is InChI=1S/C24H46O4/c1-20(2)24(21(3)4,19-17-23(27)28)18-15-13-11-9-7-5-6-8-10-12-14-16-22(25)26/h20-21H,5-19H2,1-4H3,(H,25,26)(H,27,28). The Morgan fingerprint density at radius 2 is 0.929 bits per heavy atom. The van der Waals surface area contributed by atoms with Crippen LogP contribution in [-0.4, -0.2) is 22.2 Å². The van der Waals surface area contributed by atoms with Gasteiger partial charge in [0.2, 0.25) is 0 Å². The normalized spacial score (nSPS) is 12.1. The van der Waals surface area contributed by atoms with Crippen molar-refractivity contribution in [3.05, 3.63) is 0 Å². The molecule has 0 heterocycles. The molecule has 2 N–H and O–H groups in total. The molecular weight excluding hydrogens is 352 g/mol. The maximum atomic E-state index is 11.1. The maximum absolute atomic E-state index is 11.1. The van der Waals surface area contributed by atoms with Crippen LogP contribution in [0.4, 0.5) is 0 Å². The van der Waals surface area contributed by atoms with Gasteiger partial charge in [-0.15, -0.1) is 0 Å². The molecule has 0 spiro atoms. The Kier molecular flexibility index (Phi) is 15.2. The first kappa shape index (κ1) is 26.9. The molecule has 0 aliphatic carbocycles. The van der Waals surface area contributed by atoms with Gasteiger partial charge in [-0.05, 0) is 36.5 Å². The first-order valence-electron chi connectivity index (χ1n) is 11.7. The SMILES string of the molecule is CC(C)C(CCCCCCCCCCCCCC(=O)O)(CCC(=O)O)C(C)C. The Morgan fingerprint density at radius 3 is 1.29 bits per heavy atom. The van der Waals surface area contributed by atoms with E-state index in [1.807, 2.05) is 0 Å². The zero-order valence-corrected chi connectivity index (χ0v) is 19.0. The summed E-state index contributed by atoms with van der Waals surface area (Å²) in [4.78, 5) is 21.5. The number of carboxylic acids is 2. The van der Waals surface area contributed by atoms with Gasteiger partial charge in [0, 0.05) is 12.8 Å². The molecule has 0 aliphatic heterocycles. The predicted octanol–water partition coefficient (Wildman–Crippen LogP) is 7.31. The van der Waals surface area contributed by atoms with Crippen molar-refractivity contribution in [1.82, 2.24) is 0 Å². The van der Waals surface area contributed by atoms with Gasteiger partial charge < -0.3 is 10.2 Å². The number of aliphatic carboxylic acids is 2. The molecule has 28 heavy (non-hydrogen) atoms. The van der Waals surface area contributed by atoms with E-state index in [1.165, 1.54) is 51.4 Å². The van der Waals surface area contributed by atoms with Crippen LogP contribution in [0.2, 0.25) is 0 Å². The lowest BCUT2D eigenvalue weighted by Crippen LogP contribution is -2.34. The molecule has 4 heteroatoms. The van der Waals surface area contributed by atoms with Crippen molar-refractivity contribution >= 4 is 11.9 Å². The third-order valence-electron chi connectivity index (χ3n) is 6.64. The highest BCUT2D eigenvalue weighted by Gasteiger charge is 2.36. The summed E-state index contributed by atoms with van der Waals surface area (Å²) in [7, 11) is 0. The third kappa shape index (κ3) is 12.4. The average Bonchev–Trinajstić information content (AvgIpc) is 2.60. The molecule has 166 valence electrons. The Morgan fingerprint density at radius 1 is 0.571 bits per heavy atom. The summed E-state index contributed by atoms with van der Waals surface area (Å²) in [5.74, 6) is -0.321. The lowest BCUT2D eigenvalue weighted by Gasteiger charge is -2.42. The number of hydrogen-bond donors (Lipinski definition) is 2. The fourth-order valence-electron chi connectivity index (χ4n) is 4.61. The van der Waals surface area contributed by atoms with Gasteiger partial charge in [0.25, 0.3) is 0 Å². The predicted molar refractivity (Wildman–Crippen MR) is 117 cm³/mol. The fourth-order valence-corrected chi connectivity index (χ4v) is 4.61. The van der Waals surface area contributed by atoms with Crippen molar-refractivity contribution in [2.45, 2.75) is 124 Å². The molecular formula is C24H46O4. The molecule has 0 aliphatic rings. The van der Waals surface area contributed by atoms with E-state index < -0.39 is 11.9 Å². The first-order valence-corrected chi connectivity index (χ1v) is 11.7. The van der Waals surface area contributed by atoms with Crippen molar-refractivity contribution in [2.75, 3.05) is 0 Å². The Bertz CT molecular complexity index is 407. The van der Waals surface area contributed by atoms with Crippen LogP contribution in [0.15, 0.2) is 0 Å². The van der Waals surface area contributed by atoms with Crippen molar-refractivity contribution in [2.24, 2.45) is 17.3 Å². The topological polar surface area (TPSA) is 74.6 Å². The van der Waals surface area contributed by atoms with E-state index in [0.29, 0.717) is 18.3 Å².